The Morgan fingerprint density at radius 2 is 1.65 bits per heavy atom. The fraction of sp³-hybridized carbons (Fsp3) is 0.647. The van der Waals surface area contributed by atoms with Crippen LogP contribution < -0.4 is 14.8 Å². The van der Waals surface area contributed by atoms with E-state index in [4.69, 9.17) is 9.47 Å². The van der Waals surface area contributed by atoms with Gasteiger partial charge in [-0.1, -0.05) is 19.9 Å². The van der Waals surface area contributed by atoms with Gasteiger partial charge in [-0.3, -0.25) is 0 Å². The van der Waals surface area contributed by atoms with Crippen molar-refractivity contribution in [3.05, 3.63) is 23.8 Å². The Morgan fingerprint density at radius 1 is 1.00 bits per heavy atom. The minimum absolute atomic E-state index is 0.0966. The van der Waals surface area contributed by atoms with Gasteiger partial charge in [0.15, 0.2) is 0 Å². The standard InChI is InChI=1S/C17H29NO2/c1-6-10-19-15-9-8-14(13-18-17(3,4)5)16(12-15)20-11-7-2/h8-9,12,18H,6-7,10-11,13H2,1-5H3. The zero-order valence-corrected chi connectivity index (χ0v) is 13.6. The van der Waals surface area contributed by atoms with Gasteiger partial charge in [0, 0.05) is 23.7 Å². The summed E-state index contributed by atoms with van der Waals surface area (Å²) in [5.74, 6) is 1.81. The van der Waals surface area contributed by atoms with Gasteiger partial charge < -0.3 is 14.8 Å². The average molecular weight is 279 g/mol. The third-order valence-electron chi connectivity index (χ3n) is 2.78. The van der Waals surface area contributed by atoms with Gasteiger partial charge in [0.2, 0.25) is 0 Å². The van der Waals surface area contributed by atoms with Gasteiger partial charge in [0.05, 0.1) is 13.2 Å². The molecule has 0 bridgehead atoms. The van der Waals surface area contributed by atoms with E-state index >= 15 is 0 Å². The van der Waals surface area contributed by atoms with E-state index in [1.165, 1.54) is 5.56 Å². The first-order valence-corrected chi connectivity index (χ1v) is 7.59. The zero-order chi connectivity index (χ0) is 15.0. The Bertz CT molecular complexity index is 396. The summed E-state index contributed by atoms with van der Waals surface area (Å²) in [6.07, 6.45) is 2.02. The first-order chi connectivity index (χ1) is 9.46. The fourth-order valence-corrected chi connectivity index (χ4v) is 1.70. The minimum atomic E-state index is 0.0966. The topological polar surface area (TPSA) is 30.5 Å². The van der Waals surface area contributed by atoms with Gasteiger partial charge >= 0.3 is 0 Å². The highest BCUT2D eigenvalue weighted by Gasteiger charge is 2.12. The molecule has 1 rings (SSSR count). The number of nitrogens with one attached hydrogen (secondary N) is 1. The molecule has 20 heavy (non-hydrogen) atoms. The maximum absolute atomic E-state index is 5.85. The second kappa shape index (κ2) is 8.15. The number of hydrogen-bond acceptors (Lipinski definition) is 3. The van der Waals surface area contributed by atoms with Crippen molar-refractivity contribution in [1.29, 1.82) is 0 Å². The van der Waals surface area contributed by atoms with Crippen LogP contribution in [0.25, 0.3) is 0 Å². The molecule has 0 spiro atoms. The van der Waals surface area contributed by atoms with Crippen molar-refractivity contribution in [1.82, 2.24) is 5.32 Å². The first kappa shape index (κ1) is 16.8. The molecule has 0 aromatic heterocycles. The molecule has 114 valence electrons. The van der Waals surface area contributed by atoms with Gasteiger partial charge in [-0.15, -0.1) is 0 Å². The number of hydrogen-bond donors (Lipinski definition) is 1. The smallest absolute Gasteiger partial charge is 0.127 e. The number of ether oxygens (including phenoxy) is 2. The Hall–Kier alpha value is -1.22. The third-order valence-corrected chi connectivity index (χ3v) is 2.78. The van der Waals surface area contributed by atoms with Crippen LogP contribution in [0.3, 0.4) is 0 Å². The van der Waals surface area contributed by atoms with Crippen LogP contribution in [0, 0.1) is 0 Å². The maximum atomic E-state index is 5.85. The van der Waals surface area contributed by atoms with Crippen LogP contribution in [0.4, 0.5) is 0 Å². The second-order valence-electron chi connectivity index (χ2n) is 6.07. The second-order valence-corrected chi connectivity index (χ2v) is 6.07. The van der Waals surface area contributed by atoms with Crippen LogP contribution >= 0.6 is 0 Å². The highest BCUT2D eigenvalue weighted by atomic mass is 16.5. The number of rotatable bonds is 8. The molecule has 0 heterocycles. The lowest BCUT2D eigenvalue weighted by atomic mass is 10.1. The molecular formula is C17H29NO2. The molecule has 0 atom stereocenters. The summed E-state index contributed by atoms with van der Waals surface area (Å²) in [6.45, 7) is 13.0. The predicted molar refractivity (Wildman–Crippen MR) is 84.6 cm³/mol. The lowest BCUT2D eigenvalue weighted by Crippen LogP contribution is -2.35. The monoisotopic (exact) mass is 279 g/mol. The molecule has 0 amide bonds. The Kier molecular flexibility index (Phi) is 6.86. The van der Waals surface area contributed by atoms with E-state index in [1.807, 2.05) is 12.1 Å². The quantitative estimate of drug-likeness (QED) is 0.775. The molecule has 0 aliphatic rings. The van der Waals surface area contributed by atoms with Gasteiger partial charge in [0.1, 0.15) is 11.5 Å². The first-order valence-electron chi connectivity index (χ1n) is 7.59. The Labute approximate surface area is 123 Å². The Balaban J connectivity index is 2.79. The van der Waals surface area contributed by atoms with E-state index in [1.54, 1.807) is 0 Å². The van der Waals surface area contributed by atoms with Crippen molar-refractivity contribution in [3.8, 4) is 11.5 Å². The molecule has 0 saturated carbocycles. The van der Waals surface area contributed by atoms with Crippen molar-refractivity contribution in [2.45, 2.75) is 59.5 Å². The summed E-state index contributed by atoms with van der Waals surface area (Å²) < 4.78 is 11.5. The summed E-state index contributed by atoms with van der Waals surface area (Å²) in [7, 11) is 0. The van der Waals surface area contributed by atoms with E-state index in [0.29, 0.717) is 0 Å². The normalized spacial score (nSPS) is 11.4. The van der Waals surface area contributed by atoms with Gasteiger partial charge in [0.25, 0.3) is 0 Å². The summed E-state index contributed by atoms with van der Waals surface area (Å²) >= 11 is 0. The van der Waals surface area contributed by atoms with Crippen LogP contribution in [-0.4, -0.2) is 18.8 Å². The van der Waals surface area contributed by atoms with Crippen LogP contribution in [0.1, 0.15) is 53.0 Å². The van der Waals surface area contributed by atoms with E-state index in [0.717, 1.165) is 44.1 Å². The molecule has 0 saturated heterocycles. The average Bonchev–Trinajstić information content (AvgIpc) is 2.40. The molecule has 0 radical (unpaired) electrons. The van der Waals surface area contributed by atoms with E-state index in [-0.39, 0.29) is 5.54 Å². The lowest BCUT2D eigenvalue weighted by molar-refractivity contribution is 0.297. The van der Waals surface area contributed by atoms with Crippen LogP contribution in [0.15, 0.2) is 18.2 Å². The maximum Gasteiger partial charge on any atom is 0.127 e. The minimum Gasteiger partial charge on any atom is -0.493 e. The molecule has 0 fully saturated rings. The highest BCUT2D eigenvalue weighted by Crippen LogP contribution is 2.26. The van der Waals surface area contributed by atoms with Gasteiger partial charge in [-0.25, -0.2) is 0 Å². The molecule has 1 aromatic rings. The van der Waals surface area contributed by atoms with Crippen LogP contribution in [-0.2, 0) is 6.54 Å². The van der Waals surface area contributed by atoms with E-state index in [2.05, 4.69) is 46.0 Å². The van der Waals surface area contributed by atoms with Crippen molar-refractivity contribution >= 4 is 0 Å². The van der Waals surface area contributed by atoms with Crippen LogP contribution in [0.5, 0.6) is 11.5 Å². The predicted octanol–water partition coefficient (Wildman–Crippen LogP) is 4.15. The lowest BCUT2D eigenvalue weighted by Gasteiger charge is -2.22. The molecule has 0 aliphatic heterocycles. The summed E-state index contributed by atoms with van der Waals surface area (Å²) in [4.78, 5) is 0. The van der Waals surface area contributed by atoms with Gasteiger partial charge in [-0.2, -0.15) is 0 Å². The van der Waals surface area contributed by atoms with Crippen molar-refractivity contribution in [2.24, 2.45) is 0 Å². The largest absolute Gasteiger partial charge is 0.493 e. The molecule has 3 nitrogen and oxygen atoms in total. The zero-order valence-electron chi connectivity index (χ0n) is 13.6. The van der Waals surface area contributed by atoms with E-state index < -0.39 is 0 Å². The third kappa shape index (κ3) is 6.29. The summed E-state index contributed by atoms with van der Waals surface area (Å²) in [5, 5.41) is 3.50. The molecular weight excluding hydrogens is 250 g/mol. The highest BCUT2D eigenvalue weighted by molar-refractivity contribution is 5.40. The van der Waals surface area contributed by atoms with Crippen molar-refractivity contribution < 1.29 is 9.47 Å². The number of benzene rings is 1. The molecule has 3 heteroatoms. The van der Waals surface area contributed by atoms with E-state index in [9.17, 15) is 0 Å². The van der Waals surface area contributed by atoms with Crippen molar-refractivity contribution in [3.63, 3.8) is 0 Å². The molecule has 0 aliphatic carbocycles. The molecule has 1 N–H and O–H groups in total. The summed E-state index contributed by atoms with van der Waals surface area (Å²) in [6, 6.07) is 6.12. The fourth-order valence-electron chi connectivity index (χ4n) is 1.70. The molecule has 1 aromatic carbocycles. The molecule has 0 unspecified atom stereocenters. The van der Waals surface area contributed by atoms with Crippen LogP contribution in [0.2, 0.25) is 0 Å². The summed E-state index contributed by atoms with van der Waals surface area (Å²) in [5.41, 5.74) is 1.27. The van der Waals surface area contributed by atoms with Gasteiger partial charge in [-0.05, 0) is 39.7 Å². The van der Waals surface area contributed by atoms with Crippen molar-refractivity contribution in [2.75, 3.05) is 13.2 Å². The Morgan fingerprint density at radius 3 is 2.25 bits per heavy atom. The SMILES string of the molecule is CCCOc1ccc(CNC(C)(C)C)c(OCCC)c1.